The first-order valence-electron chi connectivity index (χ1n) is 8.85. The number of hydrogen-bond acceptors (Lipinski definition) is 5. The molecule has 3 rings (SSSR count). The van der Waals surface area contributed by atoms with Crippen LogP contribution in [-0.4, -0.2) is 43.3 Å². The SMILES string of the molecule is Cl.O=C(Cc1ccc(S(=O)(=O)F)cc1)NC1CCN(Cc2ccccn2)CC1. The van der Waals surface area contributed by atoms with Crippen LogP contribution in [0.5, 0.6) is 0 Å². The molecule has 1 amide bonds. The van der Waals surface area contributed by atoms with Gasteiger partial charge in [-0.15, -0.1) is 16.3 Å². The Morgan fingerprint density at radius 1 is 1.14 bits per heavy atom. The van der Waals surface area contributed by atoms with E-state index in [4.69, 9.17) is 0 Å². The van der Waals surface area contributed by atoms with Gasteiger partial charge in [-0.05, 0) is 42.7 Å². The molecule has 1 aromatic heterocycles. The molecule has 152 valence electrons. The summed E-state index contributed by atoms with van der Waals surface area (Å²) in [5, 5.41) is 3.02. The highest BCUT2D eigenvalue weighted by atomic mass is 35.5. The molecule has 9 heteroatoms. The zero-order valence-electron chi connectivity index (χ0n) is 15.3. The number of carbonyl (C=O) groups excluding carboxylic acids is 1. The second-order valence-corrected chi connectivity index (χ2v) is 8.04. The van der Waals surface area contributed by atoms with Crippen molar-refractivity contribution in [2.45, 2.75) is 36.7 Å². The molecule has 1 aliphatic heterocycles. The molecule has 0 spiro atoms. The normalized spacial score (nSPS) is 15.6. The third kappa shape index (κ3) is 6.54. The highest BCUT2D eigenvalue weighted by molar-refractivity contribution is 7.86. The first kappa shape index (κ1) is 22.3. The summed E-state index contributed by atoms with van der Waals surface area (Å²) in [5.74, 6) is -0.117. The lowest BCUT2D eigenvalue weighted by atomic mass is 10.0. The van der Waals surface area contributed by atoms with Crippen LogP contribution in [0.25, 0.3) is 0 Å². The molecular formula is C19H23ClFN3O3S. The van der Waals surface area contributed by atoms with Gasteiger partial charge in [0.2, 0.25) is 5.91 Å². The summed E-state index contributed by atoms with van der Waals surface area (Å²) in [7, 11) is -4.71. The fourth-order valence-corrected chi connectivity index (χ4v) is 3.65. The van der Waals surface area contributed by atoms with Crippen LogP contribution < -0.4 is 5.32 Å². The molecule has 2 aromatic rings. The monoisotopic (exact) mass is 427 g/mol. The molecular weight excluding hydrogens is 405 g/mol. The van der Waals surface area contributed by atoms with E-state index < -0.39 is 15.1 Å². The van der Waals surface area contributed by atoms with Gasteiger partial charge in [0.25, 0.3) is 0 Å². The topological polar surface area (TPSA) is 79.4 Å². The number of nitrogens with one attached hydrogen (secondary N) is 1. The summed E-state index contributed by atoms with van der Waals surface area (Å²) >= 11 is 0. The summed E-state index contributed by atoms with van der Waals surface area (Å²) in [5.41, 5.74) is 1.69. The number of halogens is 2. The van der Waals surface area contributed by atoms with Crippen molar-refractivity contribution in [2.75, 3.05) is 13.1 Å². The minimum Gasteiger partial charge on any atom is -0.353 e. The van der Waals surface area contributed by atoms with Crippen LogP contribution >= 0.6 is 12.4 Å². The number of pyridine rings is 1. The van der Waals surface area contributed by atoms with E-state index in [1.165, 1.54) is 24.3 Å². The fraction of sp³-hybridized carbons (Fsp3) is 0.368. The molecule has 0 bridgehead atoms. The minimum atomic E-state index is -4.71. The Kier molecular flexibility index (Phi) is 7.91. The molecule has 1 aliphatic rings. The van der Waals surface area contributed by atoms with Gasteiger partial charge >= 0.3 is 10.2 Å². The summed E-state index contributed by atoms with van der Waals surface area (Å²) in [4.78, 5) is 18.5. The number of aromatic nitrogens is 1. The van der Waals surface area contributed by atoms with Gasteiger partial charge in [-0.2, -0.15) is 8.42 Å². The van der Waals surface area contributed by atoms with Crippen molar-refractivity contribution in [1.29, 1.82) is 0 Å². The fourth-order valence-electron chi connectivity index (χ4n) is 3.19. The molecule has 0 atom stereocenters. The Hall–Kier alpha value is -2.03. The summed E-state index contributed by atoms with van der Waals surface area (Å²) in [6.45, 7) is 2.60. The molecule has 0 radical (unpaired) electrons. The lowest BCUT2D eigenvalue weighted by Gasteiger charge is -2.32. The van der Waals surface area contributed by atoms with Crippen LogP contribution in [0.3, 0.4) is 0 Å². The molecule has 1 N–H and O–H groups in total. The van der Waals surface area contributed by atoms with Crippen LogP contribution in [-0.2, 0) is 28.0 Å². The quantitative estimate of drug-likeness (QED) is 0.716. The van der Waals surface area contributed by atoms with Gasteiger partial charge in [-0.25, -0.2) is 0 Å². The molecule has 28 heavy (non-hydrogen) atoms. The standard InChI is InChI=1S/C19H22FN3O3S.ClH/c20-27(25,26)18-6-4-15(5-7-18)13-19(24)22-16-8-11-23(12-9-16)14-17-3-1-2-10-21-17;/h1-7,10,16H,8-9,11-14H2,(H,22,24);1H. The lowest BCUT2D eigenvalue weighted by Crippen LogP contribution is -2.44. The average Bonchev–Trinajstić information content (AvgIpc) is 2.64. The Morgan fingerprint density at radius 3 is 2.39 bits per heavy atom. The second-order valence-electron chi connectivity index (χ2n) is 6.70. The summed E-state index contributed by atoms with van der Waals surface area (Å²) < 4.78 is 34.5. The molecule has 1 saturated heterocycles. The molecule has 1 aromatic carbocycles. The Bertz CT molecular complexity index is 871. The number of hydrogen-bond donors (Lipinski definition) is 1. The first-order valence-corrected chi connectivity index (χ1v) is 10.2. The molecule has 6 nitrogen and oxygen atoms in total. The number of likely N-dealkylation sites (tertiary alicyclic amines) is 1. The third-order valence-electron chi connectivity index (χ3n) is 4.63. The van der Waals surface area contributed by atoms with E-state index in [-0.39, 0.29) is 30.8 Å². The second kappa shape index (κ2) is 9.95. The number of carbonyl (C=O) groups is 1. The van der Waals surface area contributed by atoms with Crippen molar-refractivity contribution in [1.82, 2.24) is 15.2 Å². The van der Waals surface area contributed by atoms with Crippen LogP contribution in [0.1, 0.15) is 24.1 Å². The average molecular weight is 428 g/mol. The van der Waals surface area contributed by atoms with Gasteiger partial charge in [0.05, 0.1) is 17.0 Å². The van der Waals surface area contributed by atoms with Crippen LogP contribution in [0.2, 0.25) is 0 Å². The highest BCUT2D eigenvalue weighted by Gasteiger charge is 2.21. The van der Waals surface area contributed by atoms with Crippen LogP contribution in [0, 0.1) is 0 Å². The van der Waals surface area contributed by atoms with E-state index in [1.807, 2.05) is 18.2 Å². The number of nitrogens with zero attached hydrogens (tertiary/aromatic N) is 2. The van der Waals surface area contributed by atoms with Crippen molar-refractivity contribution in [3.8, 4) is 0 Å². The number of piperidine rings is 1. The van der Waals surface area contributed by atoms with E-state index >= 15 is 0 Å². The van der Waals surface area contributed by atoms with Gasteiger partial charge in [-0.1, -0.05) is 18.2 Å². The van der Waals surface area contributed by atoms with Crippen molar-refractivity contribution in [2.24, 2.45) is 0 Å². The van der Waals surface area contributed by atoms with Gasteiger partial charge < -0.3 is 5.32 Å². The predicted octanol–water partition coefficient (Wildman–Crippen LogP) is 2.48. The van der Waals surface area contributed by atoms with Crippen LogP contribution in [0.4, 0.5) is 3.89 Å². The Morgan fingerprint density at radius 2 is 1.82 bits per heavy atom. The van der Waals surface area contributed by atoms with E-state index in [0.717, 1.165) is 38.2 Å². The van der Waals surface area contributed by atoms with Gasteiger partial charge in [-0.3, -0.25) is 14.7 Å². The van der Waals surface area contributed by atoms with E-state index in [9.17, 15) is 17.1 Å². The summed E-state index contributed by atoms with van der Waals surface area (Å²) in [6.07, 6.45) is 3.67. The van der Waals surface area contributed by atoms with E-state index in [0.29, 0.717) is 5.56 Å². The number of benzene rings is 1. The number of rotatable bonds is 6. The van der Waals surface area contributed by atoms with Crippen molar-refractivity contribution in [3.63, 3.8) is 0 Å². The van der Waals surface area contributed by atoms with Crippen LogP contribution in [0.15, 0.2) is 53.6 Å². The molecule has 2 heterocycles. The zero-order chi connectivity index (χ0) is 19.3. The Balaban J connectivity index is 0.00000280. The zero-order valence-corrected chi connectivity index (χ0v) is 16.9. The maximum atomic E-state index is 12.9. The van der Waals surface area contributed by atoms with E-state index in [1.54, 1.807) is 6.20 Å². The van der Waals surface area contributed by atoms with Gasteiger partial charge in [0.15, 0.2) is 0 Å². The molecule has 0 aliphatic carbocycles. The molecule has 0 saturated carbocycles. The smallest absolute Gasteiger partial charge is 0.332 e. The maximum absolute atomic E-state index is 12.9. The first-order chi connectivity index (χ1) is 12.9. The van der Waals surface area contributed by atoms with Crippen molar-refractivity contribution in [3.05, 3.63) is 59.9 Å². The van der Waals surface area contributed by atoms with E-state index in [2.05, 4.69) is 15.2 Å². The lowest BCUT2D eigenvalue weighted by molar-refractivity contribution is -0.121. The maximum Gasteiger partial charge on any atom is 0.332 e. The predicted molar refractivity (Wildman–Crippen MR) is 106 cm³/mol. The van der Waals surface area contributed by atoms with Crippen molar-refractivity contribution < 1.29 is 17.1 Å². The summed E-state index contributed by atoms with van der Waals surface area (Å²) in [6, 6.07) is 11.3. The minimum absolute atomic E-state index is 0. The highest BCUT2D eigenvalue weighted by Crippen LogP contribution is 2.15. The molecule has 0 unspecified atom stereocenters. The van der Waals surface area contributed by atoms with Gasteiger partial charge in [0, 0.05) is 31.9 Å². The molecule has 1 fully saturated rings. The van der Waals surface area contributed by atoms with Crippen molar-refractivity contribution >= 4 is 28.5 Å². The van der Waals surface area contributed by atoms with Gasteiger partial charge in [0.1, 0.15) is 0 Å². The Labute approximate surface area is 170 Å². The largest absolute Gasteiger partial charge is 0.353 e. The third-order valence-corrected chi connectivity index (χ3v) is 5.47. The number of amides is 1.